The Morgan fingerprint density at radius 3 is 2.28 bits per heavy atom. The third-order valence-electron chi connectivity index (χ3n) is 2.40. The van der Waals surface area contributed by atoms with E-state index >= 15 is 0 Å². The summed E-state index contributed by atoms with van der Waals surface area (Å²) in [5, 5.41) is 9.57. The fourth-order valence-electron chi connectivity index (χ4n) is 1.63. The van der Waals surface area contributed by atoms with Crippen molar-refractivity contribution in [2.45, 2.75) is 0 Å². The average molecular weight is 285 g/mol. The Morgan fingerprint density at radius 2 is 1.72 bits per heavy atom. The molecule has 0 fully saturated rings. The normalized spacial score (nSPS) is 10.4. The van der Waals surface area contributed by atoms with Crippen LogP contribution in [-0.4, -0.2) is 11.1 Å². The van der Waals surface area contributed by atoms with Crippen LogP contribution in [0.5, 0.6) is 0 Å². The van der Waals surface area contributed by atoms with E-state index in [4.69, 9.17) is 28.3 Å². The van der Waals surface area contributed by atoms with Gasteiger partial charge in [0.1, 0.15) is 5.82 Å². The Labute approximate surface area is 113 Å². The monoisotopic (exact) mass is 284 g/mol. The second kappa shape index (κ2) is 4.96. The summed E-state index contributed by atoms with van der Waals surface area (Å²) in [6, 6.07) is 8.72. The van der Waals surface area contributed by atoms with Gasteiger partial charge in [-0.05, 0) is 29.8 Å². The summed E-state index contributed by atoms with van der Waals surface area (Å²) < 4.78 is 14.0. The molecule has 18 heavy (non-hydrogen) atoms. The minimum atomic E-state index is -1.32. The van der Waals surface area contributed by atoms with Crippen LogP contribution in [0.1, 0.15) is 10.4 Å². The zero-order chi connectivity index (χ0) is 13.3. The van der Waals surface area contributed by atoms with Crippen molar-refractivity contribution in [1.82, 2.24) is 0 Å². The molecule has 0 aliphatic carbocycles. The number of benzene rings is 2. The molecule has 0 amide bonds. The van der Waals surface area contributed by atoms with Crippen LogP contribution in [0, 0.1) is 5.82 Å². The van der Waals surface area contributed by atoms with Crippen LogP contribution in [0.4, 0.5) is 4.39 Å². The Morgan fingerprint density at radius 1 is 1.11 bits per heavy atom. The lowest BCUT2D eigenvalue weighted by molar-refractivity contribution is 0.0692. The molecule has 92 valence electrons. The molecule has 0 aliphatic rings. The van der Waals surface area contributed by atoms with Crippen LogP contribution in [0.2, 0.25) is 10.0 Å². The van der Waals surface area contributed by atoms with E-state index < -0.39 is 11.8 Å². The molecule has 0 saturated heterocycles. The quantitative estimate of drug-likeness (QED) is 0.882. The zero-order valence-corrected chi connectivity index (χ0v) is 10.5. The van der Waals surface area contributed by atoms with Gasteiger partial charge in [0.05, 0.1) is 5.56 Å². The van der Waals surface area contributed by atoms with Crippen molar-refractivity contribution in [3.63, 3.8) is 0 Å². The van der Waals surface area contributed by atoms with Gasteiger partial charge < -0.3 is 5.11 Å². The summed E-state index contributed by atoms with van der Waals surface area (Å²) in [6.45, 7) is 0. The summed E-state index contributed by atoms with van der Waals surface area (Å²) in [7, 11) is 0. The number of carboxylic acids is 1. The SMILES string of the molecule is O=C(O)c1cccc(-c2cc(Cl)cc(Cl)c2)c1F. The Kier molecular flexibility index (Phi) is 3.55. The van der Waals surface area contributed by atoms with Crippen molar-refractivity contribution in [3.05, 3.63) is 57.8 Å². The number of hydrogen-bond donors (Lipinski definition) is 1. The number of halogens is 3. The fraction of sp³-hybridized carbons (Fsp3) is 0. The van der Waals surface area contributed by atoms with Gasteiger partial charge in [-0.2, -0.15) is 0 Å². The highest BCUT2D eigenvalue weighted by atomic mass is 35.5. The molecule has 0 radical (unpaired) electrons. The van der Waals surface area contributed by atoms with Crippen LogP contribution >= 0.6 is 23.2 Å². The molecule has 0 heterocycles. The molecule has 0 spiro atoms. The van der Waals surface area contributed by atoms with Gasteiger partial charge in [0.15, 0.2) is 0 Å². The van der Waals surface area contributed by atoms with Gasteiger partial charge in [-0.15, -0.1) is 0 Å². The van der Waals surface area contributed by atoms with Crippen molar-refractivity contribution in [3.8, 4) is 11.1 Å². The molecule has 0 bridgehead atoms. The van der Waals surface area contributed by atoms with Crippen LogP contribution in [0.3, 0.4) is 0 Å². The second-order valence-electron chi connectivity index (χ2n) is 3.63. The first-order valence-corrected chi connectivity index (χ1v) is 5.73. The molecule has 2 aromatic carbocycles. The molecule has 0 atom stereocenters. The van der Waals surface area contributed by atoms with Gasteiger partial charge in [-0.1, -0.05) is 35.3 Å². The largest absolute Gasteiger partial charge is 0.478 e. The average Bonchev–Trinajstić information content (AvgIpc) is 2.27. The Hall–Kier alpha value is -1.58. The van der Waals surface area contributed by atoms with Gasteiger partial charge in [-0.3, -0.25) is 0 Å². The maximum absolute atomic E-state index is 14.0. The summed E-state index contributed by atoms with van der Waals surface area (Å²) in [5.41, 5.74) is 0.205. The number of carboxylic acid groups (broad SMARTS) is 1. The molecule has 0 saturated carbocycles. The van der Waals surface area contributed by atoms with E-state index in [0.29, 0.717) is 15.6 Å². The standard InChI is InChI=1S/C13H7Cl2FO2/c14-8-4-7(5-9(15)6-8)10-2-1-3-11(12(10)16)13(17)18/h1-6H,(H,17,18). The van der Waals surface area contributed by atoms with E-state index in [1.54, 1.807) is 0 Å². The fourth-order valence-corrected chi connectivity index (χ4v) is 2.16. The highest BCUT2D eigenvalue weighted by Crippen LogP contribution is 2.30. The zero-order valence-electron chi connectivity index (χ0n) is 8.95. The first-order chi connectivity index (χ1) is 8.49. The molecule has 2 aromatic rings. The second-order valence-corrected chi connectivity index (χ2v) is 4.50. The lowest BCUT2D eigenvalue weighted by Crippen LogP contribution is -2.01. The number of rotatable bonds is 2. The molecule has 0 unspecified atom stereocenters. The van der Waals surface area contributed by atoms with Crippen molar-refractivity contribution in [2.24, 2.45) is 0 Å². The Bertz CT molecular complexity index is 606. The van der Waals surface area contributed by atoms with Gasteiger partial charge in [0, 0.05) is 15.6 Å². The Balaban J connectivity index is 2.64. The van der Waals surface area contributed by atoms with Crippen LogP contribution in [0.25, 0.3) is 11.1 Å². The molecular weight excluding hydrogens is 278 g/mol. The van der Waals surface area contributed by atoms with Crippen LogP contribution in [-0.2, 0) is 0 Å². The van der Waals surface area contributed by atoms with Crippen molar-refractivity contribution in [2.75, 3.05) is 0 Å². The van der Waals surface area contributed by atoms with E-state index in [1.165, 1.54) is 36.4 Å². The number of aromatic carboxylic acids is 1. The van der Waals surface area contributed by atoms with Crippen LogP contribution < -0.4 is 0 Å². The van der Waals surface area contributed by atoms with Gasteiger partial charge in [0.2, 0.25) is 0 Å². The van der Waals surface area contributed by atoms with Gasteiger partial charge in [0.25, 0.3) is 0 Å². The summed E-state index contributed by atoms with van der Waals surface area (Å²) in [4.78, 5) is 10.8. The molecule has 2 nitrogen and oxygen atoms in total. The third kappa shape index (κ3) is 2.47. The van der Waals surface area contributed by atoms with Gasteiger partial charge >= 0.3 is 5.97 Å². The number of hydrogen-bond acceptors (Lipinski definition) is 1. The highest BCUT2D eigenvalue weighted by molar-refractivity contribution is 6.35. The van der Waals surface area contributed by atoms with Gasteiger partial charge in [-0.25, -0.2) is 9.18 Å². The minimum Gasteiger partial charge on any atom is -0.478 e. The maximum Gasteiger partial charge on any atom is 0.338 e. The van der Waals surface area contributed by atoms with Crippen LogP contribution in [0.15, 0.2) is 36.4 Å². The molecular formula is C13H7Cl2FO2. The van der Waals surface area contributed by atoms with Crippen molar-refractivity contribution in [1.29, 1.82) is 0 Å². The van der Waals surface area contributed by atoms with E-state index in [-0.39, 0.29) is 11.1 Å². The predicted octanol–water partition coefficient (Wildman–Crippen LogP) is 4.50. The maximum atomic E-state index is 14.0. The first-order valence-electron chi connectivity index (χ1n) is 4.97. The molecule has 0 aliphatic heterocycles. The lowest BCUT2D eigenvalue weighted by atomic mass is 10.0. The number of carbonyl (C=O) groups is 1. The lowest BCUT2D eigenvalue weighted by Gasteiger charge is -2.07. The summed E-state index contributed by atoms with van der Waals surface area (Å²) in [6.07, 6.45) is 0. The highest BCUT2D eigenvalue weighted by Gasteiger charge is 2.15. The molecule has 2 rings (SSSR count). The van der Waals surface area contributed by atoms with E-state index in [9.17, 15) is 9.18 Å². The topological polar surface area (TPSA) is 37.3 Å². The van der Waals surface area contributed by atoms with E-state index in [1.807, 2.05) is 0 Å². The van der Waals surface area contributed by atoms with E-state index in [0.717, 1.165) is 0 Å². The minimum absolute atomic E-state index is 0.152. The molecule has 5 heteroatoms. The smallest absolute Gasteiger partial charge is 0.338 e. The van der Waals surface area contributed by atoms with Crippen molar-refractivity contribution >= 4 is 29.2 Å². The molecule has 0 aromatic heterocycles. The van der Waals surface area contributed by atoms with E-state index in [2.05, 4.69) is 0 Å². The first kappa shape index (κ1) is 12.9. The third-order valence-corrected chi connectivity index (χ3v) is 2.84. The predicted molar refractivity (Wildman–Crippen MR) is 68.8 cm³/mol. The summed E-state index contributed by atoms with van der Waals surface area (Å²) in [5.74, 6) is -2.12. The molecule has 1 N–H and O–H groups in total. The van der Waals surface area contributed by atoms with Crippen molar-refractivity contribution < 1.29 is 14.3 Å². The summed E-state index contributed by atoms with van der Waals surface area (Å²) >= 11 is 11.7.